The molecule has 1 rings (SSSR count). The summed E-state index contributed by atoms with van der Waals surface area (Å²) in [6, 6.07) is 6.96. The van der Waals surface area contributed by atoms with Crippen molar-refractivity contribution in [3.8, 4) is 0 Å². The molecule has 0 aliphatic heterocycles. The lowest BCUT2D eigenvalue weighted by Crippen LogP contribution is -2.30. The topological polar surface area (TPSA) is 98.2 Å². The predicted molar refractivity (Wildman–Crippen MR) is 62.3 cm³/mol. The van der Waals surface area contributed by atoms with Crippen molar-refractivity contribution in [3.05, 3.63) is 35.4 Å². The molecule has 1 aromatic rings. The van der Waals surface area contributed by atoms with Gasteiger partial charge >= 0.3 is 0 Å². The quantitative estimate of drug-likeness (QED) is 0.629. The van der Waals surface area contributed by atoms with Crippen LogP contribution in [0, 0.1) is 0 Å². The molecule has 0 amide bonds. The molecule has 0 saturated heterocycles. The van der Waals surface area contributed by atoms with Gasteiger partial charge in [-0.2, -0.15) is 13.1 Å². The maximum atomic E-state index is 10.6. The summed E-state index contributed by atoms with van der Waals surface area (Å²) in [5, 5.41) is 4.79. The number of rotatable bonds is 4. The highest BCUT2D eigenvalue weighted by Crippen LogP contribution is 2.05. The van der Waals surface area contributed by atoms with Gasteiger partial charge in [-0.3, -0.25) is 0 Å². The van der Waals surface area contributed by atoms with Crippen LogP contribution in [0.2, 0.25) is 0 Å². The van der Waals surface area contributed by atoms with E-state index >= 15 is 0 Å². The third-order valence-electron chi connectivity index (χ3n) is 1.69. The van der Waals surface area contributed by atoms with Gasteiger partial charge in [-0.1, -0.05) is 30.4 Å². The summed E-state index contributed by atoms with van der Waals surface area (Å²) in [5.41, 5.74) is 6.87. The van der Waals surface area contributed by atoms with Crippen molar-refractivity contribution in [1.29, 1.82) is 0 Å². The standard InChI is InChI=1S/C8H11N3O2S2/c9-8(14)7-3-1-2-6(4-7)5-11-15(10,12)13/h1-4,11H,5H2,(H2,9,14)(H2,10,12,13). The Morgan fingerprint density at radius 3 is 2.67 bits per heavy atom. The minimum absolute atomic E-state index is 0.120. The molecule has 0 atom stereocenters. The first-order valence-corrected chi connectivity index (χ1v) is 6.00. The minimum Gasteiger partial charge on any atom is -0.389 e. The summed E-state index contributed by atoms with van der Waals surface area (Å²) in [7, 11) is -3.67. The average Bonchev–Trinajstić information content (AvgIpc) is 2.14. The molecule has 0 aromatic heterocycles. The molecule has 0 aliphatic rings. The van der Waals surface area contributed by atoms with Crippen LogP contribution in [0.15, 0.2) is 24.3 Å². The highest BCUT2D eigenvalue weighted by atomic mass is 32.2. The van der Waals surface area contributed by atoms with Crippen LogP contribution < -0.4 is 15.6 Å². The van der Waals surface area contributed by atoms with Gasteiger partial charge in [0, 0.05) is 12.1 Å². The van der Waals surface area contributed by atoms with Crippen molar-refractivity contribution in [1.82, 2.24) is 4.72 Å². The van der Waals surface area contributed by atoms with Crippen LogP contribution in [-0.4, -0.2) is 13.4 Å². The van der Waals surface area contributed by atoms with E-state index < -0.39 is 10.2 Å². The first-order chi connectivity index (χ1) is 6.88. The summed E-state index contributed by atoms with van der Waals surface area (Å²) >= 11 is 4.79. The van der Waals surface area contributed by atoms with Crippen LogP contribution in [0.3, 0.4) is 0 Å². The highest BCUT2D eigenvalue weighted by molar-refractivity contribution is 7.87. The van der Waals surface area contributed by atoms with Gasteiger partial charge in [0.15, 0.2) is 0 Å². The second-order valence-corrected chi connectivity index (χ2v) is 4.75. The zero-order valence-electron chi connectivity index (χ0n) is 7.80. The fourth-order valence-corrected chi connectivity index (χ4v) is 1.51. The first-order valence-electron chi connectivity index (χ1n) is 4.04. The summed E-state index contributed by atoms with van der Waals surface area (Å²) in [6.07, 6.45) is 0. The van der Waals surface area contributed by atoms with Crippen molar-refractivity contribution in [2.24, 2.45) is 10.9 Å². The molecule has 82 valence electrons. The molecular formula is C8H11N3O2S2. The highest BCUT2D eigenvalue weighted by Gasteiger charge is 2.02. The summed E-state index contributed by atoms with van der Waals surface area (Å²) in [6.45, 7) is 0.120. The van der Waals surface area contributed by atoms with Crippen LogP contribution in [0.4, 0.5) is 0 Å². The van der Waals surface area contributed by atoms with Crippen LogP contribution in [-0.2, 0) is 16.8 Å². The molecule has 0 saturated carbocycles. The van der Waals surface area contributed by atoms with Crippen molar-refractivity contribution in [2.75, 3.05) is 0 Å². The fourth-order valence-electron chi connectivity index (χ4n) is 1.02. The van der Waals surface area contributed by atoms with Gasteiger partial charge in [-0.25, -0.2) is 5.14 Å². The third kappa shape index (κ3) is 4.34. The molecule has 0 unspecified atom stereocenters. The molecule has 0 spiro atoms. The summed E-state index contributed by atoms with van der Waals surface area (Å²) in [4.78, 5) is 0.271. The lowest BCUT2D eigenvalue weighted by molar-refractivity contribution is 0.583. The van der Waals surface area contributed by atoms with Crippen molar-refractivity contribution in [3.63, 3.8) is 0 Å². The number of nitrogens with one attached hydrogen (secondary N) is 1. The summed E-state index contributed by atoms with van der Waals surface area (Å²) in [5.74, 6) is 0. The molecule has 15 heavy (non-hydrogen) atoms. The average molecular weight is 245 g/mol. The van der Waals surface area contributed by atoms with E-state index in [1.54, 1.807) is 24.3 Å². The monoisotopic (exact) mass is 245 g/mol. The Bertz CT molecular complexity index is 471. The number of benzene rings is 1. The fraction of sp³-hybridized carbons (Fsp3) is 0.125. The van der Waals surface area contributed by atoms with E-state index in [-0.39, 0.29) is 11.5 Å². The Morgan fingerprint density at radius 1 is 1.47 bits per heavy atom. The van der Waals surface area contributed by atoms with E-state index in [1.165, 1.54) is 0 Å². The van der Waals surface area contributed by atoms with Gasteiger partial charge in [0.1, 0.15) is 4.99 Å². The minimum atomic E-state index is -3.67. The predicted octanol–water partition coefficient (Wildman–Crippen LogP) is -0.386. The van der Waals surface area contributed by atoms with Crippen LogP contribution in [0.5, 0.6) is 0 Å². The molecule has 0 bridgehead atoms. The van der Waals surface area contributed by atoms with Gasteiger partial charge in [0.2, 0.25) is 0 Å². The first kappa shape index (κ1) is 12.1. The SMILES string of the molecule is NC(=S)c1cccc(CNS(N)(=O)=O)c1. The Morgan fingerprint density at radius 2 is 2.13 bits per heavy atom. The number of nitrogens with two attached hydrogens (primary N) is 2. The Balaban J connectivity index is 2.79. The van der Waals surface area contributed by atoms with E-state index in [0.717, 1.165) is 5.56 Å². The Labute approximate surface area is 93.6 Å². The molecule has 0 fully saturated rings. The lowest BCUT2D eigenvalue weighted by atomic mass is 10.1. The van der Waals surface area contributed by atoms with Crippen molar-refractivity contribution >= 4 is 27.4 Å². The van der Waals surface area contributed by atoms with Gasteiger partial charge in [-0.15, -0.1) is 0 Å². The van der Waals surface area contributed by atoms with E-state index in [2.05, 4.69) is 4.72 Å². The third-order valence-corrected chi connectivity index (χ3v) is 2.47. The summed E-state index contributed by atoms with van der Waals surface area (Å²) < 4.78 is 23.4. The molecule has 5 N–H and O–H groups in total. The van der Waals surface area contributed by atoms with Gasteiger partial charge in [0.25, 0.3) is 10.2 Å². The van der Waals surface area contributed by atoms with E-state index in [1.807, 2.05) is 0 Å². The van der Waals surface area contributed by atoms with Crippen molar-refractivity contribution < 1.29 is 8.42 Å². The zero-order valence-corrected chi connectivity index (χ0v) is 9.44. The number of thiocarbonyl (C=S) groups is 1. The molecule has 0 aliphatic carbocycles. The van der Waals surface area contributed by atoms with Gasteiger partial charge < -0.3 is 5.73 Å². The van der Waals surface area contributed by atoms with Gasteiger partial charge in [0.05, 0.1) is 0 Å². The Kier molecular flexibility index (Phi) is 3.75. The van der Waals surface area contributed by atoms with E-state index in [9.17, 15) is 8.42 Å². The number of hydrogen-bond donors (Lipinski definition) is 3. The largest absolute Gasteiger partial charge is 0.389 e. The molecule has 5 nitrogen and oxygen atoms in total. The molecule has 1 aromatic carbocycles. The van der Waals surface area contributed by atoms with Gasteiger partial charge in [-0.05, 0) is 11.6 Å². The molecule has 0 heterocycles. The van der Waals surface area contributed by atoms with Crippen LogP contribution in [0.1, 0.15) is 11.1 Å². The van der Waals surface area contributed by atoms with E-state index in [0.29, 0.717) is 5.56 Å². The van der Waals surface area contributed by atoms with Crippen LogP contribution in [0.25, 0.3) is 0 Å². The number of hydrogen-bond acceptors (Lipinski definition) is 3. The molecular weight excluding hydrogens is 234 g/mol. The van der Waals surface area contributed by atoms with Crippen molar-refractivity contribution in [2.45, 2.75) is 6.54 Å². The Hall–Kier alpha value is -1.02. The lowest BCUT2D eigenvalue weighted by Gasteiger charge is -2.04. The zero-order chi connectivity index (χ0) is 11.5. The van der Waals surface area contributed by atoms with E-state index in [4.69, 9.17) is 23.1 Å². The molecule has 7 heteroatoms. The normalized spacial score (nSPS) is 11.3. The van der Waals surface area contributed by atoms with Crippen LogP contribution >= 0.6 is 12.2 Å². The smallest absolute Gasteiger partial charge is 0.274 e. The maximum absolute atomic E-state index is 10.6. The molecule has 0 radical (unpaired) electrons. The maximum Gasteiger partial charge on any atom is 0.274 e. The second kappa shape index (κ2) is 4.67. The second-order valence-electron chi connectivity index (χ2n) is 2.93.